The lowest BCUT2D eigenvalue weighted by Crippen LogP contribution is -2.44. The second kappa shape index (κ2) is 6.66. The smallest absolute Gasteiger partial charge is 0.228 e. The normalized spacial score (nSPS) is 30.9. The maximum atomic E-state index is 12.2. The summed E-state index contributed by atoms with van der Waals surface area (Å²) in [6, 6.07) is 0.167. The van der Waals surface area contributed by atoms with Crippen LogP contribution in [0.3, 0.4) is 0 Å². The van der Waals surface area contributed by atoms with Crippen molar-refractivity contribution in [2.45, 2.75) is 57.4 Å². The van der Waals surface area contributed by atoms with Crippen LogP contribution in [0.4, 0.5) is 5.00 Å². The third-order valence-corrected chi connectivity index (χ3v) is 6.02. The largest absolute Gasteiger partial charge is 0.321 e. The van der Waals surface area contributed by atoms with Gasteiger partial charge in [-0.25, -0.2) is 4.98 Å². The minimum atomic E-state index is 0.0185. The van der Waals surface area contributed by atoms with E-state index < -0.39 is 0 Å². The Morgan fingerprint density at radius 3 is 2.91 bits per heavy atom. The lowest BCUT2D eigenvalue weighted by molar-refractivity contribution is -0.122. The molecule has 0 unspecified atom stereocenters. The molecule has 6 heteroatoms. The lowest BCUT2D eigenvalue weighted by Gasteiger charge is -2.32. The first-order valence-electron chi connectivity index (χ1n) is 8.08. The zero-order valence-corrected chi connectivity index (χ0v) is 13.7. The number of thiazole rings is 1. The van der Waals surface area contributed by atoms with Crippen molar-refractivity contribution in [3.63, 3.8) is 0 Å². The number of rotatable bonds is 4. The molecule has 0 aliphatic heterocycles. The zero-order valence-electron chi connectivity index (χ0n) is 12.8. The molecule has 1 aromatic heterocycles. The van der Waals surface area contributed by atoms with Crippen LogP contribution in [0.1, 0.15) is 56.4 Å². The molecule has 5 nitrogen and oxygen atoms in total. The SMILES string of the molecule is C[C@@H]1CCCC[C@H]1c1ncc(NC(=O)[C@H]2C[C@H](NC#N)C2)s1. The predicted octanol–water partition coefficient (Wildman–Crippen LogP) is 3.22. The first-order chi connectivity index (χ1) is 10.7. The summed E-state index contributed by atoms with van der Waals surface area (Å²) in [5, 5.41) is 16.2. The Hall–Kier alpha value is -1.61. The van der Waals surface area contributed by atoms with Crippen LogP contribution in [0.2, 0.25) is 0 Å². The van der Waals surface area contributed by atoms with Crippen LogP contribution in [-0.4, -0.2) is 16.9 Å². The average molecular weight is 318 g/mol. The van der Waals surface area contributed by atoms with Gasteiger partial charge < -0.3 is 10.6 Å². The van der Waals surface area contributed by atoms with E-state index in [1.807, 2.05) is 6.19 Å². The van der Waals surface area contributed by atoms with Gasteiger partial charge in [0.2, 0.25) is 5.91 Å². The molecule has 118 valence electrons. The number of carbonyl (C=O) groups excluding carboxylic acids is 1. The third-order valence-electron chi connectivity index (χ3n) is 4.98. The first kappa shape index (κ1) is 15.3. The summed E-state index contributed by atoms with van der Waals surface area (Å²) in [5.41, 5.74) is 0. The molecule has 2 N–H and O–H groups in total. The predicted molar refractivity (Wildman–Crippen MR) is 86.4 cm³/mol. The minimum Gasteiger partial charge on any atom is -0.321 e. The van der Waals surface area contributed by atoms with E-state index in [-0.39, 0.29) is 17.9 Å². The Balaban J connectivity index is 1.54. The Kier molecular flexibility index (Phi) is 4.63. The van der Waals surface area contributed by atoms with Gasteiger partial charge in [-0.3, -0.25) is 4.79 Å². The minimum absolute atomic E-state index is 0.0185. The van der Waals surface area contributed by atoms with Crippen molar-refractivity contribution in [3.05, 3.63) is 11.2 Å². The number of nitrogens with one attached hydrogen (secondary N) is 2. The van der Waals surface area contributed by atoms with Crippen molar-refractivity contribution in [1.82, 2.24) is 10.3 Å². The van der Waals surface area contributed by atoms with Gasteiger partial charge >= 0.3 is 0 Å². The van der Waals surface area contributed by atoms with E-state index >= 15 is 0 Å². The fourth-order valence-corrected chi connectivity index (χ4v) is 4.55. The summed E-state index contributed by atoms with van der Waals surface area (Å²) in [6.45, 7) is 2.31. The van der Waals surface area contributed by atoms with Crippen LogP contribution < -0.4 is 10.6 Å². The zero-order chi connectivity index (χ0) is 15.5. The highest BCUT2D eigenvalue weighted by Gasteiger charge is 2.34. The van der Waals surface area contributed by atoms with Gasteiger partial charge in [0, 0.05) is 17.9 Å². The maximum absolute atomic E-state index is 12.2. The standard InChI is InChI=1S/C16H22N4OS/c1-10-4-2-3-5-13(10)16-18-8-14(22-16)20-15(21)11-6-12(7-11)19-9-17/h8,10-13,19H,2-7H2,1H3,(H,20,21)/t10-,11-,12-,13-/m1/s1. The molecule has 0 bridgehead atoms. The summed E-state index contributed by atoms with van der Waals surface area (Å²) >= 11 is 1.62. The fraction of sp³-hybridized carbons (Fsp3) is 0.688. The third kappa shape index (κ3) is 3.25. The van der Waals surface area contributed by atoms with Crippen molar-refractivity contribution < 1.29 is 4.79 Å². The molecule has 2 aliphatic rings. The van der Waals surface area contributed by atoms with E-state index in [0.717, 1.165) is 17.8 Å². The summed E-state index contributed by atoms with van der Waals surface area (Å²) in [6.07, 6.45) is 10.3. The van der Waals surface area contributed by atoms with E-state index in [1.165, 1.54) is 30.7 Å². The molecule has 2 atom stereocenters. The summed E-state index contributed by atoms with van der Waals surface area (Å²) in [4.78, 5) is 16.7. The average Bonchev–Trinajstić information content (AvgIpc) is 2.91. The molecule has 1 amide bonds. The van der Waals surface area contributed by atoms with Crippen molar-refractivity contribution in [2.75, 3.05) is 5.32 Å². The second-order valence-electron chi connectivity index (χ2n) is 6.54. The Morgan fingerprint density at radius 2 is 2.18 bits per heavy atom. The number of nitrogens with zero attached hydrogens (tertiary/aromatic N) is 2. The molecule has 2 saturated carbocycles. The monoisotopic (exact) mass is 318 g/mol. The van der Waals surface area contributed by atoms with E-state index in [9.17, 15) is 4.79 Å². The van der Waals surface area contributed by atoms with Crippen molar-refractivity contribution >= 4 is 22.2 Å². The molecule has 22 heavy (non-hydrogen) atoms. The van der Waals surface area contributed by atoms with Crippen LogP contribution in [-0.2, 0) is 4.79 Å². The van der Waals surface area contributed by atoms with E-state index in [1.54, 1.807) is 17.5 Å². The Bertz CT molecular complexity index is 573. The molecule has 0 saturated heterocycles. The topological polar surface area (TPSA) is 77.8 Å². The highest BCUT2D eigenvalue weighted by Crippen LogP contribution is 2.40. The van der Waals surface area contributed by atoms with Crippen molar-refractivity contribution in [1.29, 1.82) is 5.26 Å². The van der Waals surface area contributed by atoms with Gasteiger partial charge in [0.15, 0.2) is 6.19 Å². The quantitative estimate of drug-likeness (QED) is 0.660. The van der Waals surface area contributed by atoms with Gasteiger partial charge in [0.1, 0.15) is 5.00 Å². The number of hydrogen-bond donors (Lipinski definition) is 2. The highest BCUT2D eigenvalue weighted by atomic mass is 32.1. The number of aromatic nitrogens is 1. The molecule has 1 heterocycles. The fourth-order valence-electron chi connectivity index (χ4n) is 3.46. The lowest BCUT2D eigenvalue weighted by atomic mass is 9.80. The number of amides is 1. The molecule has 2 fully saturated rings. The molecule has 1 aromatic rings. The Labute approximate surface area is 135 Å². The van der Waals surface area contributed by atoms with Gasteiger partial charge in [0.25, 0.3) is 0 Å². The summed E-state index contributed by atoms with van der Waals surface area (Å²) in [5.74, 6) is 1.32. The number of hydrogen-bond acceptors (Lipinski definition) is 5. The molecule has 2 aliphatic carbocycles. The van der Waals surface area contributed by atoms with Gasteiger partial charge in [-0.2, -0.15) is 5.26 Å². The second-order valence-corrected chi connectivity index (χ2v) is 7.60. The number of carbonyl (C=O) groups is 1. The van der Waals surface area contributed by atoms with Crippen molar-refractivity contribution in [3.8, 4) is 6.19 Å². The van der Waals surface area contributed by atoms with Crippen LogP contribution in [0.25, 0.3) is 0 Å². The molecule has 0 radical (unpaired) electrons. The maximum Gasteiger partial charge on any atom is 0.228 e. The van der Waals surface area contributed by atoms with Gasteiger partial charge in [-0.05, 0) is 25.2 Å². The van der Waals surface area contributed by atoms with Gasteiger partial charge in [0.05, 0.1) is 11.2 Å². The Morgan fingerprint density at radius 1 is 1.41 bits per heavy atom. The molecule has 0 spiro atoms. The van der Waals surface area contributed by atoms with Gasteiger partial charge in [-0.1, -0.05) is 26.2 Å². The molecular weight excluding hydrogens is 296 g/mol. The number of anilines is 1. The molecular formula is C16H22N4OS. The van der Waals surface area contributed by atoms with Crippen LogP contribution in [0.5, 0.6) is 0 Å². The molecule has 0 aromatic carbocycles. The van der Waals surface area contributed by atoms with Gasteiger partial charge in [-0.15, -0.1) is 11.3 Å². The first-order valence-corrected chi connectivity index (χ1v) is 8.90. The van der Waals surface area contributed by atoms with E-state index in [2.05, 4.69) is 22.5 Å². The van der Waals surface area contributed by atoms with Crippen molar-refractivity contribution in [2.24, 2.45) is 11.8 Å². The van der Waals surface area contributed by atoms with Crippen LogP contribution >= 0.6 is 11.3 Å². The molecule has 3 rings (SSSR count). The van der Waals surface area contributed by atoms with Crippen LogP contribution in [0, 0.1) is 23.3 Å². The summed E-state index contributed by atoms with van der Waals surface area (Å²) in [7, 11) is 0. The summed E-state index contributed by atoms with van der Waals surface area (Å²) < 4.78 is 0. The van der Waals surface area contributed by atoms with E-state index in [4.69, 9.17) is 5.26 Å². The van der Waals surface area contributed by atoms with Crippen LogP contribution in [0.15, 0.2) is 6.20 Å². The highest BCUT2D eigenvalue weighted by molar-refractivity contribution is 7.15. The number of nitriles is 1. The van der Waals surface area contributed by atoms with E-state index in [0.29, 0.717) is 11.8 Å².